The molecule has 0 saturated carbocycles. The van der Waals surface area contributed by atoms with Crippen molar-refractivity contribution >= 4 is 11.8 Å². The monoisotopic (exact) mass is 341 g/mol. The van der Waals surface area contributed by atoms with Gasteiger partial charge in [-0.1, -0.05) is 38.1 Å². The summed E-state index contributed by atoms with van der Waals surface area (Å²) in [6, 6.07) is 9.36. The van der Waals surface area contributed by atoms with Gasteiger partial charge in [0.05, 0.1) is 5.92 Å². The number of nitrogens with one attached hydrogen (secondary N) is 2. The van der Waals surface area contributed by atoms with Gasteiger partial charge in [0.15, 0.2) is 0 Å². The van der Waals surface area contributed by atoms with Gasteiger partial charge in [0.1, 0.15) is 11.6 Å². The summed E-state index contributed by atoms with van der Waals surface area (Å²) in [4.78, 5) is 32.2. The zero-order valence-electron chi connectivity index (χ0n) is 14.5. The maximum Gasteiger partial charge on any atom is 0.317 e. The number of H-pyrrole nitrogens is 1. The predicted octanol–water partition coefficient (Wildman–Crippen LogP) is 1.78. The van der Waals surface area contributed by atoms with Crippen LogP contribution in [-0.2, 0) is 6.54 Å². The van der Waals surface area contributed by atoms with Crippen molar-refractivity contribution in [3.63, 3.8) is 0 Å². The van der Waals surface area contributed by atoms with Crippen molar-refractivity contribution in [1.29, 1.82) is 0 Å². The molecule has 1 fully saturated rings. The van der Waals surface area contributed by atoms with Crippen LogP contribution >= 0.6 is 0 Å². The minimum absolute atomic E-state index is 0.0196. The van der Waals surface area contributed by atoms with Crippen molar-refractivity contribution in [2.45, 2.75) is 32.2 Å². The second-order valence-corrected chi connectivity index (χ2v) is 6.72. The molecule has 2 aromatic rings. The molecule has 132 valence electrons. The van der Waals surface area contributed by atoms with Gasteiger partial charge in [0.2, 0.25) is 0 Å². The van der Waals surface area contributed by atoms with Crippen molar-refractivity contribution in [2.24, 2.45) is 0 Å². The summed E-state index contributed by atoms with van der Waals surface area (Å²) in [5.74, 6) is 1.22. The molecule has 3 rings (SSSR count). The van der Waals surface area contributed by atoms with Gasteiger partial charge in [0.25, 0.3) is 5.56 Å². The molecule has 0 radical (unpaired) electrons. The maximum atomic E-state index is 12.2. The highest BCUT2D eigenvalue weighted by Gasteiger charge is 2.33. The minimum atomic E-state index is -0.268. The van der Waals surface area contributed by atoms with Gasteiger partial charge in [0, 0.05) is 25.7 Å². The molecule has 0 unspecified atom stereocenters. The fourth-order valence-corrected chi connectivity index (χ4v) is 2.86. The van der Waals surface area contributed by atoms with E-state index in [-0.39, 0.29) is 23.3 Å². The van der Waals surface area contributed by atoms with Crippen molar-refractivity contribution in [1.82, 2.24) is 20.2 Å². The van der Waals surface area contributed by atoms with E-state index in [9.17, 15) is 9.59 Å². The fourth-order valence-electron chi connectivity index (χ4n) is 2.86. The van der Waals surface area contributed by atoms with Gasteiger partial charge < -0.3 is 20.9 Å². The molecule has 1 aromatic heterocycles. The Bertz CT molecular complexity index is 824. The third-order valence-electron chi connectivity index (χ3n) is 4.40. The van der Waals surface area contributed by atoms with Crippen LogP contribution in [0, 0.1) is 0 Å². The molecule has 7 heteroatoms. The lowest BCUT2D eigenvalue weighted by atomic mass is 9.99. The Kier molecular flexibility index (Phi) is 4.74. The Balaban J connectivity index is 1.52. The second-order valence-electron chi connectivity index (χ2n) is 6.72. The van der Waals surface area contributed by atoms with Crippen molar-refractivity contribution in [2.75, 3.05) is 18.8 Å². The molecule has 1 saturated heterocycles. The van der Waals surface area contributed by atoms with E-state index in [1.165, 1.54) is 11.6 Å². The molecule has 2 heterocycles. The molecule has 0 spiro atoms. The summed E-state index contributed by atoms with van der Waals surface area (Å²) in [6.45, 7) is 5.82. The first-order valence-electron chi connectivity index (χ1n) is 8.40. The summed E-state index contributed by atoms with van der Waals surface area (Å²) >= 11 is 0. The normalized spacial score (nSPS) is 14.4. The lowest BCUT2D eigenvalue weighted by Crippen LogP contribution is -2.53. The number of nitrogens with two attached hydrogens (primary N) is 1. The zero-order chi connectivity index (χ0) is 18.0. The van der Waals surface area contributed by atoms with E-state index in [0.29, 0.717) is 31.4 Å². The number of amides is 2. The number of aromatic nitrogens is 2. The topological polar surface area (TPSA) is 104 Å². The highest BCUT2D eigenvalue weighted by Crippen LogP contribution is 2.24. The molecule has 1 aromatic carbocycles. The lowest BCUT2D eigenvalue weighted by molar-refractivity contribution is 0.148. The van der Waals surface area contributed by atoms with Crippen LogP contribution in [0.2, 0.25) is 0 Å². The smallest absolute Gasteiger partial charge is 0.317 e. The number of hydrogen-bond donors (Lipinski definition) is 3. The Morgan fingerprint density at radius 1 is 1.40 bits per heavy atom. The number of aromatic amines is 1. The largest absolute Gasteiger partial charge is 0.383 e. The van der Waals surface area contributed by atoms with Crippen LogP contribution in [0.1, 0.15) is 42.6 Å². The van der Waals surface area contributed by atoms with Crippen LogP contribution in [0.3, 0.4) is 0 Å². The molecule has 4 N–H and O–H groups in total. The van der Waals surface area contributed by atoms with Crippen LogP contribution < -0.4 is 16.6 Å². The first-order chi connectivity index (χ1) is 11.9. The van der Waals surface area contributed by atoms with Crippen LogP contribution in [0.25, 0.3) is 0 Å². The average molecular weight is 341 g/mol. The van der Waals surface area contributed by atoms with E-state index in [2.05, 4.69) is 41.3 Å². The Morgan fingerprint density at radius 3 is 2.84 bits per heavy atom. The summed E-state index contributed by atoms with van der Waals surface area (Å²) in [6.07, 6.45) is 0. The number of likely N-dealkylation sites (tertiary alicyclic amines) is 1. The molecule has 25 heavy (non-hydrogen) atoms. The van der Waals surface area contributed by atoms with E-state index in [1.54, 1.807) is 4.90 Å². The number of benzene rings is 1. The van der Waals surface area contributed by atoms with E-state index in [0.717, 1.165) is 5.56 Å². The van der Waals surface area contributed by atoms with Gasteiger partial charge in [-0.15, -0.1) is 0 Å². The highest BCUT2D eigenvalue weighted by atomic mass is 16.2. The molecule has 0 aliphatic carbocycles. The minimum Gasteiger partial charge on any atom is -0.383 e. The third-order valence-corrected chi connectivity index (χ3v) is 4.40. The van der Waals surface area contributed by atoms with E-state index in [4.69, 9.17) is 5.73 Å². The Morgan fingerprint density at radius 2 is 2.16 bits per heavy atom. The van der Waals surface area contributed by atoms with Gasteiger partial charge in [-0.3, -0.25) is 4.79 Å². The number of carbonyl (C=O) groups excluding carboxylic acids is 1. The molecular weight excluding hydrogens is 318 g/mol. The highest BCUT2D eigenvalue weighted by molar-refractivity contribution is 5.75. The van der Waals surface area contributed by atoms with Crippen LogP contribution in [0.5, 0.6) is 0 Å². The zero-order valence-corrected chi connectivity index (χ0v) is 14.5. The van der Waals surface area contributed by atoms with Crippen LogP contribution in [0.4, 0.5) is 10.6 Å². The molecular formula is C18H23N5O2. The Hall–Kier alpha value is -2.83. The molecule has 0 bridgehead atoms. The quantitative estimate of drug-likeness (QED) is 0.788. The number of hydrogen-bond acceptors (Lipinski definition) is 4. The van der Waals surface area contributed by atoms with Crippen molar-refractivity contribution in [3.8, 4) is 0 Å². The van der Waals surface area contributed by atoms with Crippen molar-refractivity contribution < 1.29 is 4.79 Å². The fraction of sp³-hybridized carbons (Fsp3) is 0.389. The van der Waals surface area contributed by atoms with E-state index < -0.39 is 0 Å². The third kappa shape index (κ3) is 3.99. The second kappa shape index (κ2) is 6.96. The summed E-state index contributed by atoms with van der Waals surface area (Å²) < 4.78 is 0. The number of anilines is 1. The molecule has 1 aliphatic rings. The standard InChI is InChI=1S/C18H23N5O2/c1-11(2)13-5-3-4-12(6-13)8-20-18(25)23-9-14(10-23)17-21-15(19)7-16(24)22-17/h3-7,11,14H,8-10H2,1-2H3,(H,20,25)(H3,19,21,22,24). The van der Waals surface area contributed by atoms with Crippen molar-refractivity contribution in [3.05, 3.63) is 57.6 Å². The number of urea groups is 1. The summed E-state index contributed by atoms with van der Waals surface area (Å²) in [5, 5.41) is 2.93. The molecule has 7 nitrogen and oxygen atoms in total. The van der Waals surface area contributed by atoms with Gasteiger partial charge >= 0.3 is 6.03 Å². The average Bonchev–Trinajstić information content (AvgIpc) is 2.51. The van der Waals surface area contributed by atoms with E-state index in [1.807, 2.05) is 12.1 Å². The first kappa shape index (κ1) is 17.0. The summed E-state index contributed by atoms with van der Waals surface area (Å²) in [7, 11) is 0. The molecule has 2 amide bonds. The van der Waals surface area contributed by atoms with Gasteiger partial charge in [-0.25, -0.2) is 9.78 Å². The first-order valence-corrected chi connectivity index (χ1v) is 8.40. The van der Waals surface area contributed by atoms with Gasteiger partial charge in [-0.2, -0.15) is 0 Å². The van der Waals surface area contributed by atoms with Crippen LogP contribution in [0.15, 0.2) is 35.1 Å². The predicted molar refractivity (Wildman–Crippen MR) is 96.4 cm³/mol. The SMILES string of the molecule is CC(C)c1cccc(CNC(=O)N2CC(c3nc(N)cc(=O)[nH]3)C2)c1. The van der Waals surface area contributed by atoms with Crippen LogP contribution in [-0.4, -0.2) is 34.0 Å². The lowest BCUT2D eigenvalue weighted by Gasteiger charge is -2.38. The van der Waals surface area contributed by atoms with E-state index >= 15 is 0 Å². The maximum absolute atomic E-state index is 12.2. The number of carbonyl (C=O) groups is 1. The number of rotatable bonds is 4. The number of nitrogen functional groups attached to an aromatic ring is 1. The van der Waals surface area contributed by atoms with Gasteiger partial charge in [-0.05, 0) is 17.0 Å². The molecule has 1 aliphatic heterocycles. The number of nitrogens with zero attached hydrogens (tertiary/aromatic N) is 2. The Labute approximate surface area is 146 Å². The molecule has 0 atom stereocenters. The summed E-state index contributed by atoms with van der Waals surface area (Å²) in [5.41, 5.74) is 7.66.